The van der Waals surface area contributed by atoms with Crippen LogP contribution in [0, 0.1) is 0 Å². The zero-order valence-electron chi connectivity index (χ0n) is 13.9. The van der Waals surface area contributed by atoms with Crippen LogP contribution in [0.3, 0.4) is 0 Å². The molecule has 0 spiro atoms. The standard InChI is InChI=1S/C19H20N2O3S/c22-19-8-4-13-20(19)16-9-11-17(12-10-16)25(23,24)21-14-3-6-15-5-1-2-7-18(15)21/h1-2,5,7,9-12H,3-4,6,8,13-14H2. The Morgan fingerprint density at radius 3 is 2.28 bits per heavy atom. The Morgan fingerprint density at radius 2 is 1.56 bits per heavy atom. The Balaban J connectivity index is 1.66. The molecule has 0 aliphatic carbocycles. The Kier molecular flexibility index (Phi) is 4.00. The van der Waals surface area contributed by atoms with E-state index in [1.807, 2.05) is 24.3 Å². The third-order valence-electron chi connectivity index (χ3n) is 4.88. The fraction of sp³-hybridized carbons (Fsp3) is 0.316. The zero-order valence-corrected chi connectivity index (χ0v) is 14.7. The minimum atomic E-state index is -3.60. The summed E-state index contributed by atoms with van der Waals surface area (Å²) in [6, 6.07) is 14.3. The number of anilines is 2. The highest BCUT2D eigenvalue weighted by atomic mass is 32.2. The zero-order chi connectivity index (χ0) is 17.4. The molecule has 0 atom stereocenters. The predicted octanol–water partition coefficient (Wildman–Crippen LogP) is 2.95. The summed E-state index contributed by atoms with van der Waals surface area (Å²) >= 11 is 0. The summed E-state index contributed by atoms with van der Waals surface area (Å²) in [5.41, 5.74) is 2.60. The monoisotopic (exact) mass is 356 g/mol. The quantitative estimate of drug-likeness (QED) is 0.850. The molecule has 130 valence electrons. The highest BCUT2D eigenvalue weighted by Crippen LogP contribution is 2.32. The highest BCUT2D eigenvalue weighted by molar-refractivity contribution is 7.92. The van der Waals surface area contributed by atoms with Crippen LogP contribution in [0.1, 0.15) is 24.8 Å². The van der Waals surface area contributed by atoms with Gasteiger partial charge in [-0.05, 0) is 55.2 Å². The number of aryl methyl sites for hydroxylation is 1. The number of amides is 1. The van der Waals surface area contributed by atoms with Gasteiger partial charge >= 0.3 is 0 Å². The van der Waals surface area contributed by atoms with Gasteiger partial charge in [-0.25, -0.2) is 8.42 Å². The van der Waals surface area contributed by atoms with Crippen LogP contribution in [-0.2, 0) is 21.2 Å². The van der Waals surface area contributed by atoms with E-state index in [2.05, 4.69) is 0 Å². The van der Waals surface area contributed by atoms with Crippen LogP contribution in [0.2, 0.25) is 0 Å². The van der Waals surface area contributed by atoms with Gasteiger partial charge in [0.2, 0.25) is 5.91 Å². The van der Waals surface area contributed by atoms with Gasteiger partial charge in [0.25, 0.3) is 10.0 Å². The maximum absolute atomic E-state index is 13.1. The molecule has 0 N–H and O–H groups in total. The van der Waals surface area contributed by atoms with Crippen LogP contribution in [-0.4, -0.2) is 27.4 Å². The van der Waals surface area contributed by atoms with Gasteiger partial charge in [0.05, 0.1) is 10.6 Å². The first-order valence-electron chi connectivity index (χ1n) is 8.58. The smallest absolute Gasteiger partial charge is 0.264 e. The van der Waals surface area contributed by atoms with Gasteiger partial charge in [-0.15, -0.1) is 0 Å². The van der Waals surface area contributed by atoms with E-state index in [1.165, 1.54) is 4.31 Å². The van der Waals surface area contributed by atoms with Crippen LogP contribution in [0.5, 0.6) is 0 Å². The van der Waals surface area contributed by atoms with E-state index in [1.54, 1.807) is 29.2 Å². The molecule has 0 saturated carbocycles. The van der Waals surface area contributed by atoms with E-state index in [0.29, 0.717) is 19.5 Å². The maximum Gasteiger partial charge on any atom is 0.264 e. The number of hydrogen-bond acceptors (Lipinski definition) is 3. The molecule has 1 saturated heterocycles. The fourth-order valence-corrected chi connectivity index (χ4v) is 5.14. The molecule has 4 rings (SSSR count). The number of carbonyl (C=O) groups excluding carboxylic acids is 1. The third-order valence-corrected chi connectivity index (χ3v) is 6.70. The SMILES string of the molecule is O=C1CCCN1c1ccc(S(=O)(=O)N2CCCc3ccccc32)cc1. The molecule has 2 heterocycles. The normalized spacial score (nSPS) is 17.7. The van der Waals surface area contributed by atoms with Crippen LogP contribution >= 0.6 is 0 Å². The average Bonchev–Trinajstić information content (AvgIpc) is 3.07. The lowest BCUT2D eigenvalue weighted by Gasteiger charge is -2.30. The van der Waals surface area contributed by atoms with Gasteiger partial charge in [0.1, 0.15) is 0 Å². The van der Waals surface area contributed by atoms with E-state index in [4.69, 9.17) is 0 Å². The minimum absolute atomic E-state index is 0.0977. The summed E-state index contributed by atoms with van der Waals surface area (Å²) < 4.78 is 27.7. The number of benzene rings is 2. The molecule has 0 aromatic heterocycles. The Labute approximate surface area is 147 Å². The predicted molar refractivity (Wildman–Crippen MR) is 97.3 cm³/mol. The molecule has 25 heavy (non-hydrogen) atoms. The third kappa shape index (κ3) is 2.80. The fourth-order valence-electron chi connectivity index (χ4n) is 3.60. The topological polar surface area (TPSA) is 57.7 Å². The second-order valence-corrected chi connectivity index (χ2v) is 8.31. The number of rotatable bonds is 3. The lowest BCUT2D eigenvalue weighted by molar-refractivity contribution is -0.117. The lowest BCUT2D eigenvalue weighted by Crippen LogP contribution is -2.35. The van der Waals surface area contributed by atoms with Crippen molar-refractivity contribution in [1.29, 1.82) is 0 Å². The van der Waals surface area contributed by atoms with Crippen molar-refractivity contribution in [1.82, 2.24) is 0 Å². The van der Waals surface area contributed by atoms with Crippen LogP contribution < -0.4 is 9.21 Å². The molecule has 0 radical (unpaired) electrons. The van der Waals surface area contributed by atoms with Gasteiger partial charge in [-0.2, -0.15) is 0 Å². The van der Waals surface area contributed by atoms with Gasteiger partial charge in [-0.3, -0.25) is 9.10 Å². The van der Waals surface area contributed by atoms with Crippen LogP contribution in [0.25, 0.3) is 0 Å². The van der Waals surface area contributed by atoms with Gasteiger partial charge in [0, 0.05) is 25.2 Å². The summed E-state index contributed by atoms with van der Waals surface area (Å²) in [7, 11) is -3.60. The Bertz CT molecular complexity index is 907. The van der Waals surface area contributed by atoms with Crippen molar-refractivity contribution >= 4 is 27.3 Å². The van der Waals surface area contributed by atoms with Crippen molar-refractivity contribution < 1.29 is 13.2 Å². The number of carbonyl (C=O) groups is 1. The molecule has 5 nitrogen and oxygen atoms in total. The first kappa shape index (κ1) is 16.1. The molecule has 2 aromatic carbocycles. The minimum Gasteiger partial charge on any atom is -0.312 e. The molecular formula is C19H20N2O3S. The summed E-state index contributed by atoms with van der Waals surface area (Å²) in [6.07, 6.45) is 3.13. The second kappa shape index (κ2) is 6.19. The molecular weight excluding hydrogens is 336 g/mol. The van der Waals surface area contributed by atoms with E-state index in [9.17, 15) is 13.2 Å². The summed E-state index contributed by atoms with van der Waals surface area (Å²) in [6.45, 7) is 1.19. The van der Waals surface area contributed by atoms with Crippen LogP contribution in [0.15, 0.2) is 53.4 Å². The lowest BCUT2D eigenvalue weighted by atomic mass is 10.0. The Hall–Kier alpha value is -2.34. The highest BCUT2D eigenvalue weighted by Gasteiger charge is 2.29. The molecule has 1 fully saturated rings. The number of hydrogen-bond donors (Lipinski definition) is 0. The average molecular weight is 356 g/mol. The van der Waals surface area contributed by atoms with Crippen molar-refractivity contribution in [2.24, 2.45) is 0 Å². The van der Waals surface area contributed by atoms with Crippen molar-refractivity contribution in [3.8, 4) is 0 Å². The maximum atomic E-state index is 13.1. The first-order valence-corrected chi connectivity index (χ1v) is 10.0. The van der Waals surface area contributed by atoms with Gasteiger partial charge in [0.15, 0.2) is 0 Å². The van der Waals surface area contributed by atoms with Crippen molar-refractivity contribution in [3.63, 3.8) is 0 Å². The number of sulfonamides is 1. The van der Waals surface area contributed by atoms with Crippen molar-refractivity contribution in [3.05, 3.63) is 54.1 Å². The molecule has 0 bridgehead atoms. The summed E-state index contributed by atoms with van der Waals surface area (Å²) in [4.78, 5) is 13.8. The molecule has 2 aliphatic heterocycles. The van der Waals surface area contributed by atoms with Gasteiger partial charge < -0.3 is 4.90 Å². The molecule has 2 aromatic rings. The first-order chi connectivity index (χ1) is 12.1. The Morgan fingerprint density at radius 1 is 0.840 bits per heavy atom. The summed E-state index contributed by atoms with van der Waals surface area (Å²) in [5, 5.41) is 0. The number of fused-ring (bicyclic) bond motifs is 1. The molecule has 6 heteroatoms. The second-order valence-electron chi connectivity index (χ2n) is 6.45. The van der Waals surface area contributed by atoms with E-state index >= 15 is 0 Å². The molecule has 0 unspecified atom stereocenters. The van der Waals surface area contributed by atoms with Crippen molar-refractivity contribution in [2.45, 2.75) is 30.6 Å². The number of nitrogens with zero attached hydrogens (tertiary/aromatic N) is 2. The van der Waals surface area contributed by atoms with E-state index in [-0.39, 0.29) is 10.8 Å². The largest absolute Gasteiger partial charge is 0.312 e. The molecule has 2 aliphatic rings. The van der Waals surface area contributed by atoms with E-state index < -0.39 is 10.0 Å². The van der Waals surface area contributed by atoms with Gasteiger partial charge in [-0.1, -0.05) is 18.2 Å². The molecule has 1 amide bonds. The van der Waals surface area contributed by atoms with Crippen LogP contribution in [0.4, 0.5) is 11.4 Å². The van der Waals surface area contributed by atoms with Crippen molar-refractivity contribution in [2.75, 3.05) is 22.3 Å². The summed E-state index contributed by atoms with van der Waals surface area (Å²) in [5.74, 6) is 0.0977. The van der Waals surface area contributed by atoms with E-state index in [0.717, 1.165) is 36.2 Å². The number of para-hydroxylation sites is 1.